The predicted octanol–water partition coefficient (Wildman–Crippen LogP) is 2.92. The van der Waals surface area contributed by atoms with Gasteiger partial charge in [0.05, 0.1) is 10.7 Å². The molecule has 0 bridgehead atoms. The lowest BCUT2D eigenvalue weighted by molar-refractivity contribution is 0.424. The van der Waals surface area contributed by atoms with Gasteiger partial charge < -0.3 is 5.73 Å². The zero-order valence-electron chi connectivity index (χ0n) is 11.2. The SMILES string of the molecule is CC(NS(=O)(=O)c1cc(N)c(F)cc1Cl)C1CCCC1. The zero-order valence-corrected chi connectivity index (χ0v) is 12.8. The zero-order chi connectivity index (χ0) is 14.9. The summed E-state index contributed by atoms with van der Waals surface area (Å²) in [5, 5.41) is -0.164. The van der Waals surface area contributed by atoms with Crippen molar-refractivity contribution >= 4 is 27.3 Å². The molecule has 112 valence electrons. The molecule has 20 heavy (non-hydrogen) atoms. The quantitative estimate of drug-likeness (QED) is 0.838. The maximum atomic E-state index is 13.2. The maximum absolute atomic E-state index is 13.2. The van der Waals surface area contributed by atoms with Crippen LogP contribution in [0.1, 0.15) is 32.6 Å². The van der Waals surface area contributed by atoms with Gasteiger partial charge in [-0.2, -0.15) is 0 Å². The van der Waals surface area contributed by atoms with Gasteiger partial charge in [0, 0.05) is 6.04 Å². The summed E-state index contributed by atoms with van der Waals surface area (Å²) in [6.07, 6.45) is 4.29. The molecule has 1 aliphatic rings. The summed E-state index contributed by atoms with van der Waals surface area (Å²) in [7, 11) is -3.80. The number of halogens is 2. The Morgan fingerprint density at radius 1 is 1.40 bits per heavy atom. The molecule has 0 amide bonds. The lowest BCUT2D eigenvalue weighted by Crippen LogP contribution is -2.37. The van der Waals surface area contributed by atoms with E-state index >= 15 is 0 Å². The van der Waals surface area contributed by atoms with Crippen molar-refractivity contribution in [2.24, 2.45) is 5.92 Å². The molecule has 0 heterocycles. The second-order valence-corrected chi connectivity index (χ2v) is 7.35. The number of hydrogen-bond acceptors (Lipinski definition) is 3. The number of nitrogens with one attached hydrogen (secondary N) is 1. The molecule has 0 radical (unpaired) electrons. The highest BCUT2D eigenvalue weighted by atomic mass is 35.5. The van der Waals surface area contributed by atoms with Crippen molar-refractivity contribution in [3.63, 3.8) is 0 Å². The number of nitrogens with two attached hydrogens (primary N) is 1. The Morgan fingerprint density at radius 2 is 2.00 bits per heavy atom. The van der Waals surface area contributed by atoms with Crippen LogP contribution in [-0.2, 0) is 10.0 Å². The number of benzene rings is 1. The third kappa shape index (κ3) is 3.24. The van der Waals surface area contributed by atoms with Crippen LogP contribution in [0.2, 0.25) is 5.02 Å². The fraction of sp³-hybridized carbons (Fsp3) is 0.538. The molecule has 0 saturated heterocycles. The summed E-state index contributed by atoms with van der Waals surface area (Å²) in [4.78, 5) is -0.178. The third-order valence-electron chi connectivity index (χ3n) is 3.79. The molecule has 1 unspecified atom stereocenters. The van der Waals surface area contributed by atoms with Gasteiger partial charge in [-0.15, -0.1) is 0 Å². The second-order valence-electron chi connectivity index (χ2n) is 5.26. The lowest BCUT2D eigenvalue weighted by Gasteiger charge is -2.20. The third-order valence-corrected chi connectivity index (χ3v) is 5.81. The molecule has 0 spiro atoms. The Bertz CT molecular complexity index is 601. The first kappa shape index (κ1) is 15.5. The average molecular weight is 321 g/mol. The monoisotopic (exact) mass is 320 g/mol. The van der Waals surface area contributed by atoms with Gasteiger partial charge in [0.2, 0.25) is 10.0 Å². The first-order chi connectivity index (χ1) is 9.31. The summed E-state index contributed by atoms with van der Waals surface area (Å²) in [6.45, 7) is 1.84. The van der Waals surface area contributed by atoms with E-state index in [1.54, 1.807) is 0 Å². The Kier molecular flexibility index (Phi) is 4.56. The molecule has 1 fully saturated rings. The van der Waals surface area contributed by atoms with Crippen LogP contribution < -0.4 is 10.5 Å². The van der Waals surface area contributed by atoms with Gasteiger partial charge in [-0.05, 0) is 37.8 Å². The molecule has 0 aliphatic heterocycles. The average Bonchev–Trinajstić information content (AvgIpc) is 2.86. The highest BCUT2D eigenvalue weighted by Gasteiger charge is 2.27. The van der Waals surface area contributed by atoms with Crippen LogP contribution in [-0.4, -0.2) is 14.5 Å². The molecule has 2 rings (SSSR count). The van der Waals surface area contributed by atoms with Crippen molar-refractivity contribution in [2.75, 3.05) is 5.73 Å². The summed E-state index contributed by atoms with van der Waals surface area (Å²) < 4.78 is 40.5. The van der Waals surface area contributed by atoms with E-state index in [1.807, 2.05) is 6.92 Å². The van der Waals surface area contributed by atoms with Gasteiger partial charge in [0.1, 0.15) is 10.7 Å². The normalized spacial score (nSPS) is 18.4. The van der Waals surface area contributed by atoms with E-state index in [2.05, 4.69) is 4.72 Å². The van der Waals surface area contributed by atoms with E-state index in [9.17, 15) is 12.8 Å². The smallest absolute Gasteiger partial charge is 0.242 e. The standard InChI is InChI=1S/C13H18ClFN2O2S/c1-8(9-4-2-3-5-9)17-20(18,19)13-7-12(16)11(15)6-10(13)14/h6-9,17H,2-5,16H2,1H3. The topological polar surface area (TPSA) is 72.2 Å². The van der Waals surface area contributed by atoms with Crippen LogP contribution in [0, 0.1) is 11.7 Å². The van der Waals surface area contributed by atoms with E-state index in [-0.39, 0.29) is 21.6 Å². The summed E-state index contributed by atoms with van der Waals surface area (Å²) in [5.41, 5.74) is 5.18. The van der Waals surface area contributed by atoms with Crippen LogP contribution in [0.3, 0.4) is 0 Å². The maximum Gasteiger partial charge on any atom is 0.242 e. The Hall–Kier alpha value is -0.850. The van der Waals surface area contributed by atoms with Crippen LogP contribution in [0.5, 0.6) is 0 Å². The van der Waals surface area contributed by atoms with Gasteiger partial charge in [-0.3, -0.25) is 0 Å². The van der Waals surface area contributed by atoms with Crippen molar-refractivity contribution in [1.82, 2.24) is 4.72 Å². The number of sulfonamides is 1. The Labute approximate surface area is 123 Å². The molecule has 7 heteroatoms. The van der Waals surface area contributed by atoms with Gasteiger partial charge >= 0.3 is 0 Å². The van der Waals surface area contributed by atoms with Crippen molar-refractivity contribution in [2.45, 2.75) is 43.5 Å². The van der Waals surface area contributed by atoms with Crippen molar-refractivity contribution in [3.8, 4) is 0 Å². The number of anilines is 1. The minimum Gasteiger partial charge on any atom is -0.396 e. The number of nitrogen functional groups attached to an aromatic ring is 1. The molecule has 0 aromatic heterocycles. The van der Waals surface area contributed by atoms with Crippen LogP contribution in [0.15, 0.2) is 17.0 Å². The first-order valence-electron chi connectivity index (χ1n) is 6.58. The minimum absolute atomic E-state index is 0.164. The van der Waals surface area contributed by atoms with Gasteiger partial charge in [-0.1, -0.05) is 24.4 Å². The van der Waals surface area contributed by atoms with Gasteiger partial charge in [0.15, 0.2) is 0 Å². The predicted molar refractivity (Wildman–Crippen MR) is 77.6 cm³/mol. The molecular weight excluding hydrogens is 303 g/mol. The van der Waals surface area contributed by atoms with E-state index in [0.29, 0.717) is 5.92 Å². The van der Waals surface area contributed by atoms with E-state index in [0.717, 1.165) is 37.8 Å². The number of hydrogen-bond donors (Lipinski definition) is 2. The Balaban J connectivity index is 2.24. The molecule has 4 nitrogen and oxygen atoms in total. The lowest BCUT2D eigenvalue weighted by atomic mass is 10.0. The first-order valence-corrected chi connectivity index (χ1v) is 8.44. The van der Waals surface area contributed by atoms with Gasteiger partial charge in [0.25, 0.3) is 0 Å². The van der Waals surface area contributed by atoms with E-state index in [1.165, 1.54) is 0 Å². The van der Waals surface area contributed by atoms with Crippen LogP contribution in [0.25, 0.3) is 0 Å². The van der Waals surface area contributed by atoms with Gasteiger partial charge in [-0.25, -0.2) is 17.5 Å². The molecule has 1 aliphatic carbocycles. The fourth-order valence-corrected chi connectivity index (χ4v) is 4.47. The molecular formula is C13H18ClFN2O2S. The van der Waals surface area contributed by atoms with Crippen molar-refractivity contribution in [1.29, 1.82) is 0 Å². The van der Waals surface area contributed by atoms with Crippen molar-refractivity contribution in [3.05, 3.63) is 23.0 Å². The van der Waals surface area contributed by atoms with Crippen molar-refractivity contribution < 1.29 is 12.8 Å². The highest BCUT2D eigenvalue weighted by Crippen LogP contribution is 2.30. The van der Waals surface area contributed by atoms with E-state index in [4.69, 9.17) is 17.3 Å². The minimum atomic E-state index is -3.80. The Morgan fingerprint density at radius 3 is 2.60 bits per heavy atom. The molecule has 3 N–H and O–H groups in total. The molecule has 1 atom stereocenters. The second kappa shape index (κ2) is 5.87. The largest absolute Gasteiger partial charge is 0.396 e. The van der Waals surface area contributed by atoms with E-state index < -0.39 is 15.8 Å². The van der Waals surface area contributed by atoms with Crippen LogP contribution in [0.4, 0.5) is 10.1 Å². The summed E-state index contributed by atoms with van der Waals surface area (Å²) in [6, 6.07) is 1.80. The summed E-state index contributed by atoms with van der Waals surface area (Å²) >= 11 is 5.81. The van der Waals surface area contributed by atoms with Crippen LogP contribution >= 0.6 is 11.6 Å². The number of rotatable bonds is 4. The highest BCUT2D eigenvalue weighted by molar-refractivity contribution is 7.89. The fourth-order valence-electron chi connectivity index (χ4n) is 2.61. The molecule has 1 aromatic carbocycles. The molecule has 1 saturated carbocycles. The summed E-state index contributed by atoms with van der Waals surface area (Å²) in [5.74, 6) is -0.390. The molecule has 1 aromatic rings.